The van der Waals surface area contributed by atoms with Crippen LogP contribution in [0.5, 0.6) is 11.5 Å². The third kappa shape index (κ3) is 8.76. The van der Waals surface area contributed by atoms with Gasteiger partial charge in [0.25, 0.3) is 0 Å². The van der Waals surface area contributed by atoms with Crippen LogP contribution in [0.15, 0.2) is 65.6 Å². The number of alkyl carbamates (subject to hydrolysis) is 1. The van der Waals surface area contributed by atoms with Gasteiger partial charge in [0.15, 0.2) is 6.29 Å². The summed E-state index contributed by atoms with van der Waals surface area (Å²) in [5.74, 6) is 0.640. The molecule has 3 heterocycles. The number of aliphatic hydroxyl groups is 1. The van der Waals surface area contributed by atoms with Gasteiger partial charge in [0.2, 0.25) is 10.0 Å². The largest absolute Gasteiger partial charge is 0.497 e. The summed E-state index contributed by atoms with van der Waals surface area (Å²) in [5.41, 5.74) is 0.872. The lowest BCUT2D eigenvalue weighted by atomic mass is 10.0. The molecular formula is C33H44N2O9S. The highest BCUT2D eigenvalue weighted by Gasteiger charge is 2.44. The van der Waals surface area contributed by atoms with Crippen molar-refractivity contribution in [2.45, 2.75) is 74.4 Å². The van der Waals surface area contributed by atoms with Gasteiger partial charge in [0.1, 0.15) is 22.5 Å². The molecule has 2 saturated heterocycles. The zero-order valence-corrected chi connectivity index (χ0v) is 26.5. The Labute approximate surface area is 265 Å². The first-order chi connectivity index (χ1) is 21.8. The number of β-amino-alcohol motifs (C(OH)–C–C–N with tert-alkyl or cyclic N) is 1. The summed E-state index contributed by atoms with van der Waals surface area (Å²) in [6.07, 6.45) is 6.23. The summed E-state index contributed by atoms with van der Waals surface area (Å²) >= 11 is 0. The number of nitrogens with one attached hydrogen (secondary N) is 1. The monoisotopic (exact) mass is 644 g/mol. The van der Waals surface area contributed by atoms with E-state index in [2.05, 4.69) is 17.5 Å². The number of amides is 1. The second-order valence-electron chi connectivity index (χ2n) is 11.6. The van der Waals surface area contributed by atoms with Crippen molar-refractivity contribution in [1.29, 1.82) is 0 Å². The fourth-order valence-corrected chi connectivity index (χ4v) is 7.53. The molecule has 246 valence electrons. The van der Waals surface area contributed by atoms with E-state index in [9.17, 15) is 18.3 Å². The Bertz CT molecular complexity index is 1390. The van der Waals surface area contributed by atoms with E-state index >= 15 is 0 Å². The Balaban J connectivity index is 1.37. The van der Waals surface area contributed by atoms with Crippen molar-refractivity contribution in [3.8, 4) is 11.5 Å². The molecule has 12 heteroatoms. The van der Waals surface area contributed by atoms with Crippen LogP contribution < -0.4 is 14.8 Å². The minimum absolute atomic E-state index is 0.00431. The molecular weight excluding hydrogens is 600 g/mol. The van der Waals surface area contributed by atoms with E-state index < -0.39 is 34.4 Å². The molecule has 11 nitrogen and oxygen atoms in total. The van der Waals surface area contributed by atoms with Crippen molar-refractivity contribution in [3.05, 3.63) is 66.2 Å². The number of carbonyl (C=O) groups is 1. The van der Waals surface area contributed by atoms with Gasteiger partial charge in [-0.25, -0.2) is 13.2 Å². The Morgan fingerprint density at radius 3 is 2.67 bits per heavy atom. The van der Waals surface area contributed by atoms with Crippen LogP contribution in [0.25, 0.3) is 0 Å². The first-order valence-electron chi connectivity index (χ1n) is 15.7. The lowest BCUT2D eigenvalue weighted by Crippen LogP contribution is -2.51. The molecule has 5 rings (SSSR count). The molecule has 0 spiro atoms. The maximum absolute atomic E-state index is 14.2. The number of hydrogen-bond acceptors (Lipinski definition) is 9. The topological polar surface area (TPSA) is 133 Å². The third-order valence-corrected chi connectivity index (χ3v) is 10.3. The van der Waals surface area contributed by atoms with Gasteiger partial charge in [-0.3, -0.25) is 0 Å². The molecule has 0 saturated carbocycles. The van der Waals surface area contributed by atoms with Crippen molar-refractivity contribution >= 4 is 16.1 Å². The number of methoxy groups -OCH3 is 1. The molecule has 2 fully saturated rings. The van der Waals surface area contributed by atoms with Gasteiger partial charge in [-0.2, -0.15) is 4.31 Å². The number of allylic oxidation sites excluding steroid dienone is 2. The molecule has 5 atom stereocenters. The minimum Gasteiger partial charge on any atom is -0.497 e. The van der Waals surface area contributed by atoms with Crippen LogP contribution in [0.1, 0.15) is 44.1 Å². The van der Waals surface area contributed by atoms with Gasteiger partial charge >= 0.3 is 6.09 Å². The lowest BCUT2D eigenvalue weighted by Gasteiger charge is -2.30. The molecule has 2 aromatic carbocycles. The Morgan fingerprint density at radius 1 is 1.07 bits per heavy atom. The summed E-state index contributed by atoms with van der Waals surface area (Å²) < 4.78 is 57.9. The number of fused-ring (bicyclic) bond motifs is 2. The van der Waals surface area contributed by atoms with Gasteiger partial charge in [0.05, 0.1) is 45.0 Å². The Morgan fingerprint density at radius 2 is 1.87 bits per heavy atom. The quantitative estimate of drug-likeness (QED) is 0.409. The zero-order chi connectivity index (χ0) is 31.6. The third-order valence-electron chi connectivity index (χ3n) is 8.44. The normalized spacial score (nSPS) is 25.9. The molecule has 45 heavy (non-hydrogen) atoms. The molecule has 0 bridgehead atoms. The van der Waals surface area contributed by atoms with Crippen molar-refractivity contribution in [1.82, 2.24) is 9.62 Å². The smallest absolute Gasteiger partial charge is 0.407 e. The summed E-state index contributed by atoms with van der Waals surface area (Å²) in [6, 6.07) is 13.2. The highest BCUT2D eigenvalue weighted by Crippen LogP contribution is 2.34. The molecule has 0 radical (unpaired) electrons. The van der Waals surface area contributed by atoms with Crippen LogP contribution in [-0.2, 0) is 30.7 Å². The van der Waals surface area contributed by atoms with E-state index in [1.165, 1.54) is 17.5 Å². The predicted molar refractivity (Wildman–Crippen MR) is 167 cm³/mol. The lowest BCUT2D eigenvalue weighted by molar-refractivity contribution is -0.0907. The predicted octanol–water partition coefficient (Wildman–Crippen LogP) is 4.04. The molecule has 3 aliphatic heterocycles. The van der Waals surface area contributed by atoms with E-state index in [4.69, 9.17) is 23.7 Å². The first-order valence-corrected chi connectivity index (χ1v) is 17.2. The van der Waals surface area contributed by atoms with Gasteiger partial charge in [-0.05, 0) is 62.6 Å². The second-order valence-corrected chi connectivity index (χ2v) is 13.5. The molecule has 2 aromatic rings. The summed E-state index contributed by atoms with van der Waals surface area (Å²) in [6.45, 7) is 1.07. The number of benzene rings is 2. The van der Waals surface area contributed by atoms with E-state index in [0.717, 1.165) is 37.7 Å². The minimum atomic E-state index is -4.11. The number of ether oxygens (including phenoxy) is 5. The van der Waals surface area contributed by atoms with Crippen LogP contribution in [0.4, 0.5) is 4.79 Å². The highest BCUT2D eigenvalue weighted by atomic mass is 32.2. The molecule has 0 aliphatic carbocycles. The number of hydrogen-bond donors (Lipinski definition) is 2. The van der Waals surface area contributed by atoms with Gasteiger partial charge in [0, 0.05) is 19.2 Å². The standard InChI is InChI=1S/C33H44N2O9S/c1-40-25-14-15-31-29(21-25)41-18-11-6-4-2-3-5-10-17-35(45(31,38)39)22-28(36)27(20-24-12-8-7-9-13-24)34-33(37)44-30-23-43-32-26(30)16-19-42-32/h2,4,7-9,12-15,21,26-28,30,32,36H,3,5-6,10-11,16-20,22-23H2,1H3,(H,34,37)/b4-2-/t26-,27-,28+,30-,32+/m0/s1. The fourth-order valence-electron chi connectivity index (χ4n) is 5.92. The number of aliphatic hydroxyl groups excluding tert-OH is 1. The van der Waals surface area contributed by atoms with Crippen molar-refractivity contribution in [2.75, 3.05) is 40.0 Å². The molecule has 0 unspecified atom stereocenters. The number of nitrogens with zero attached hydrogens (tertiary/aromatic N) is 1. The van der Waals surface area contributed by atoms with Crippen LogP contribution in [-0.4, -0.2) is 88.5 Å². The second kappa shape index (κ2) is 15.9. The molecule has 3 aliphatic rings. The Kier molecular flexibility index (Phi) is 11.7. The number of carbonyl (C=O) groups excluding carboxylic acids is 1. The van der Waals surface area contributed by atoms with E-state index in [-0.39, 0.29) is 49.0 Å². The van der Waals surface area contributed by atoms with E-state index in [1.807, 2.05) is 30.3 Å². The summed E-state index contributed by atoms with van der Waals surface area (Å²) in [7, 11) is -2.60. The zero-order valence-electron chi connectivity index (χ0n) is 25.7. The van der Waals surface area contributed by atoms with Crippen molar-refractivity contribution in [3.63, 3.8) is 0 Å². The summed E-state index contributed by atoms with van der Waals surface area (Å²) in [4.78, 5) is 13.1. The van der Waals surface area contributed by atoms with Gasteiger partial charge in [-0.1, -0.05) is 42.5 Å². The van der Waals surface area contributed by atoms with E-state index in [1.54, 1.807) is 12.1 Å². The van der Waals surface area contributed by atoms with Crippen LogP contribution in [0.2, 0.25) is 0 Å². The van der Waals surface area contributed by atoms with Gasteiger partial charge < -0.3 is 34.1 Å². The van der Waals surface area contributed by atoms with Crippen molar-refractivity contribution in [2.24, 2.45) is 5.92 Å². The number of rotatable bonds is 8. The molecule has 0 aromatic heterocycles. The van der Waals surface area contributed by atoms with E-state index in [0.29, 0.717) is 25.4 Å². The van der Waals surface area contributed by atoms with Crippen molar-refractivity contribution < 1.29 is 42.0 Å². The van der Waals surface area contributed by atoms with Crippen LogP contribution in [0.3, 0.4) is 0 Å². The molecule has 1 amide bonds. The first kappa shape index (κ1) is 33.2. The average Bonchev–Trinajstić information content (AvgIpc) is 3.66. The average molecular weight is 645 g/mol. The maximum atomic E-state index is 14.2. The molecule has 2 N–H and O–H groups in total. The SMILES string of the molecule is COc1ccc2c(c1)OCCC/C=C\CCCCN(C[C@@H](O)[C@H](Cc1ccccc1)NC(=O)O[C@H]1CO[C@H]3OCC[C@H]31)S2(=O)=O. The van der Waals surface area contributed by atoms with Gasteiger partial charge in [-0.15, -0.1) is 0 Å². The van der Waals surface area contributed by atoms with Crippen LogP contribution >= 0.6 is 0 Å². The summed E-state index contributed by atoms with van der Waals surface area (Å²) in [5, 5.41) is 14.5. The maximum Gasteiger partial charge on any atom is 0.407 e. The Hall–Kier alpha value is -3.16. The highest BCUT2D eigenvalue weighted by molar-refractivity contribution is 7.89. The number of sulfonamides is 1. The van der Waals surface area contributed by atoms with Crippen LogP contribution in [0, 0.1) is 5.92 Å². The fraction of sp³-hybridized carbons (Fsp3) is 0.545.